The number of aromatic carboxylic acids is 1. The predicted octanol–water partition coefficient (Wildman–Crippen LogP) is 3.50. The highest BCUT2D eigenvalue weighted by molar-refractivity contribution is 6.32. The molecule has 0 aliphatic carbocycles. The van der Waals surface area contributed by atoms with Gasteiger partial charge >= 0.3 is 5.97 Å². The van der Waals surface area contributed by atoms with E-state index in [0.717, 1.165) is 22.3 Å². The molecule has 1 aromatic carbocycles. The molecule has 0 atom stereocenters. The highest BCUT2D eigenvalue weighted by Crippen LogP contribution is 2.33. The number of benzene rings is 1. The van der Waals surface area contributed by atoms with Crippen LogP contribution < -0.4 is 0 Å². The third-order valence-corrected chi connectivity index (χ3v) is 3.97. The van der Waals surface area contributed by atoms with Crippen molar-refractivity contribution in [2.24, 2.45) is 0 Å². The molecule has 0 amide bonds. The van der Waals surface area contributed by atoms with Crippen LogP contribution in [0.2, 0.25) is 5.15 Å². The number of aromatic amines is 1. The largest absolute Gasteiger partial charge is 0.478 e. The Morgan fingerprint density at radius 2 is 2.00 bits per heavy atom. The van der Waals surface area contributed by atoms with Crippen LogP contribution in [0.15, 0.2) is 6.07 Å². The Morgan fingerprint density at radius 3 is 2.57 bits per heavy atom. The van der Waals surface area contributed by atoms with Crippen LogP contribution in [0.5, 0.6) is 0 Å². The summed E-state index contributed by atoms with van der Waals surface area (Å²) in [6.45, 7) is 5.95. The summed E-state index contributed by atoms with van der Waals surface area (Å²) in [7, 11) is 1.57. The highest BCUT2D eigenvalue weighted by Gasteiger charge is 2.19. The van der Waals surface area contributed by atoms with Crippen molar-refractivity contribution >= 4 is 17.6 Å². The van der Waals surface area contributed by atoms with Crippen molar-refractivity contribution in [1.82, 2.24) is 9.97 Å². The molecule has 21 heavy (non-hydrogen) atoms. The fourth-order valence-electron chi connectivity index (χ4n) is 2.30. The Balaban J connectivity index is 2.66. The average molecular weight is 309 g/mol. The molecule has 1 heterocycles. The van der Waals surface area contributed by atoms with Crippen LogP contribution in [-0.2, 0) is 11.3 Å². The minimum atomic E-state index is -0.958. The smallest absolute Gasteiger partial charge is 0.335 e. The summed E-state index contributed by atoms with van der Waals surface area (Å²) in [6.07, 6.45) is 0. The number of imidazole rings is 1. The van der Waals surface area contributed by atoms with Crippen LogP contribution in [0.3, 0.4) is 0 Å². The van der Waals surface area contributed by atoms with Gasteiger partial charge in [-0.05, 0) is 43.5 Å². The summed E-state index contributed by atoms with van der Waals surface area (Å²) in [6, 6.07) is 1.62. The van der Waals surface area contributed by atoms with E-state index in [1.165, 1.54) is 0 Å². The van der Waals surface area contributed by atoms with Crippen LogP contribution in [0.25, 0.3) is 11.3 Å². The summed E-state index contributed by atoms with van der Waals surface area (Å²) in [5.74, 6) is -0.354. The van der Waals surface area contributed by atoms with Crippen LogP contribution in [0.1, 0.15) is 32.9 Å². The van der Waals surface area contributed by atoms with Crippen molar-refractivity contribution in [1.29, 1.82) is 0 Å². The van der Waals surface area contributed by atoms with Crippen LogP contribution in [0.4, 0.5) is 0 Å². The fourth-order valence-corrected chi connectivity index (χ4v) is 2.55. The summed E-state index contributed by atoms with van der Waals surface area (Å²) in [4.78, 5) is 18.7. The number of nitrogens with one attached hydrogen (secondary N) is 1. The number of hydrogen-bond acceptors (Lipinski definition) is 3. The number of rotatable bonds is 4. The number of carboxylic acids is 1. The normalized spacial score (nSPS) is 10.9. The molecule has 6 heteroatoms. The molecule has 0 saturated carbocycles. The number of H-pyrrole nitrogens is 1. The van der Waals surface area contributed by atoms with E-state index in [2.05, 4.69) is 9.97 Å². The minimum absolute atomic E-state index is 0.264. The van der Waals surface area contributed by atoms with Crippen molar-refractivity contribution in [3.63, 3.8) is 0 Å². The second kappa shape index (κ2) is 5.87. The first-order valence-corrected chi connectivity index (χ1v) is 6.82. The number of carboxylic acid groups (broad SMARTS) is 1. The number of aromatic nitrogens is 2. The molecule has 0 aliphatic heterocycles. The van der Waals surface area contributed by atoms with Crippen molar-refractivity contribution in [2.75, 3.05) is 7.11 Å². The Bertz CT molecular complexity index is 707. The maximum atomic E-state index is 11.4. The molecule has 0 fully saturated rings. The molecule has 0 aliphatic rings. The van der Waals surface area contributed by atoms with Gasteiger partial charge in [-0.1, -0.05) is 11.6 Å². The Kier molecular flexibility index (Phi) is 4.34. The van der Waals surface area contributed by atoms with E-state index in [4.69, 9.17) is 16.3 Å². The van der Waals surface area contributed by atoms with Gasteiger partial charge in [0.15, 0.2) is 0 Å². The number of carbonyl (C=O) groups is 1. The van der Waals surface area contributed by atoms with E-state index in [1.54, 1.807) is 20.1 Å². The molecular formula is C15H17ClN2O3. The second-order valence-corrected chi connectivity index (χ2v) is 5.31. The molecule has 5 nitrogen and oxygen atoms in total. The van der Waals surface area contributed by atoms with E-state index in [1.807, 2.05) is 13.8 Å². The maximum Gasteiger partial charge on any atom is 0.335 e. The van der Waals surface area contributed by atoms with E-state index in [9.17, 15) is 9.90 Å². The highest BCUT2D eigenvalue weighted by atomic mass is 35.5. The van der Waals surface area contributed by atoms with E-state index in [0.29, 0.717) is 23.3 Å². The molecule has 2 rings (SSSR count). The lowest BCUT2D eigenvalue weighted by molar-refractivity contribution is 0.0696. The maximum absolute atomic E-state index is 11.4. The Hall–Kier alpha value is -1.85. The summed E-state index contributed by atoms with van der Waals surface area (Å²) in [5.41, 5.74) is 4.19. The topological polar surface area (TPSA) is 75.2 Å². The molecule has 0 saturated heterocycles. The standard InChI is InChI=1S/C15H17ClN2O3/c1-7-8(2)10(5-11(9(7)3)15(19)20)13-14(16)18-12(17-13)6-21-4/h5H,6H2,1-4H3,(H,17,18)(H,19,20). The van der Waals surface area contributed by atoms with Gasteiger partial charge in [0.25, 0.3) is 0 Å². The third-order valence-electron chi connectivity index (χ3n) is 3.70. The van der Waals surface area contributed by atoms with Gasteiger partial charge in [0, 0.05) is 12.7 Å². The number of methoxy groups -OCH3 is 1. The van der Waals surface area contributed by atoms with Gasteiger partial charge in [0.2, 0.25) is 0 Å². The minimum Gasteiger partial charge on any atom is -0.478 e. The zero-order valence-electron chi connectivity index (χ0n) is 12.4. The monoisotopic (exact) mass is 308 g/mol. The molecule has 2 aromatic rings. The lowest BCUT2D eigenvalue weighted by Crippen LogP contribution is -2.04. The first kappa shape index (κ1) is 15.5. The number of halogens is 1. The van der Waals surface area contributed by atoms with Crippen LogP contribution in [0, 0.1) is 20.8 Å². The van der Waals surface area contributed by atoms with Crippen LogP contribution in [-0.4, -0.2) is 28.2 Å². The van der Waals surface area contributed by atoms with E-state index >= 15 is 0 Å². The predicted molar refractivity (Wildman–Crippen MR) is 80.9 cm³/mol. The van der Waals surface area contributed by atoms with Gasteiger partial charge in [0.1, 0.15) is 23.3 Å². The van der Waals surface area contributed by atoms with Gasteiger partial charge in [-0.25, -0.2) is 9.78 Å². The third kappa shape index (κ3) is 2.80. The molecule has 0 radical (unpaired) electrons. The zero-order chi connectivity index (χ0) is 15.7. The van der Waals surface area contributed by atoms with Crippen molar-refractivity contribution in [3.05, 3.63) is 39.3 Å². The second-order valence-electron chi connectivity index (χ2n) is 4.93. The van der Waals surface area contributed by atoms with Crippen molar-refractivity contribution in [3.8, 4) is 11.3 Å². The molecule has 1 aromatic heterocycles. The van der Waals surface area contributed by atoms with Gasteiger partial charge < -0.3 is 14.8 Å². The Labute approximate surface area is 127 Å². The van der Waals surface area contributed by atoms with E-state index in [-0.39, 0.29) is 5.56 Å². The molecule has 0 spiro atoms. The van der Waals surface area contributed by atoms with Crippen molar-refractivity contribution in [2.45, 2.75) is 27.4 Å². The lowest BCUT2D eigenvalue weighted by Gasteiger charge is -2.13. The van der Waals surface area contributed by atoms with Gasteiger partial charge in [0.05, 0.1) is 5.56 Å². The van der Waals surface area contributed by atoms with Crippen molar-refractivity contribution < 1.29 is 14.6 Å². The Morgan fingerprint density at radius 1 is 1.33 bits per heavy atom. The lowest BCUT2D eigenvalue weighted by atomic mass is 9.92. The number of ether oxygens (including phenoxy) is 1. The van der Waals surface area contributed by atoms with Gasteiger partial charge in [-0.3, -0.25) is 0 Å². The van der Waals surface area contributed by atoms with Gasteiger partial charge in [-0.2, -0.15) is 0 Å². The SMILES string of the molecule is COCc1nc(-c2cc(C(=O)O)c(C)c(C)c2C)c(Cl)[nH]1. The zero-order valence-corrected chi connectivity index (χ0v) is 13.1. The average Bonchev–Trinajstić information content (AvgIpc) is 2.77. The van der Waals surface area contributed by atoms with E-state index < -0.39 is 5.97 Å². The molecular weight excluding hydrogens is 292 g/mol. The summed E-state index contributed by atoms with van der Waals surface area (Å²) in [5, 5.41) is 9.71. The van der Waals surface area contributed by atoms with Crippen LogP contribution >= 0.6 is 11.6 Å². The molecule has 0 bridgehead atoms. The number of nitrogens with zero attached hydrogens (tertiary/aromatic N) is 1. The quantitative estimate of drug-likeness (QED) is 0.906. The summed E-state index contributed by atoms with van der Waals surface area (Å²) >= 11 is 6.19. The van der Waals surface area contributed by atoms with Gasteiger partial charge in [-0.15, -0.1) is 0 Å². The first-order chi connectivity index (χ1) is 9.86. The molecule has 0 unspecified atom stereocenters. The molecule has 2 N–H and O–H groups in total. The fraction of sp³-hybridized carbons (Fsp3) is 0.333. The summed E-state index contributed by atoms with van der Waals surface area (Å²) < 4.78 is 5.02. The number of hydrogen-bond donors (Lipinski definition) is 2. The molecule has 112 valence electrons. The first-order valence-electron chi connectivity index (χ1n) is 6.44.